The fourth-order valence-electron chi connectivity index (χ4n) is 2.98. The lowest BCUT2D eigenvalue weighted by molar-refractivity contribution is 0.0850. The van der Waals surface area contributed by atoms with Gasteiger partial charge < -0.3 is 9.47 Å². The molecule has 1 unspecified atom stereocenters. The maximum atomic E-state index is 13.2. The summed E-state index contributed by atoms with van der Waals surface area (Å²) in [5.41, 5.74) is 1.80. The Balaban J connectivity index is 2.31. The second-order valence-corrected chi connectivity index (χ2v) is 6.12. The number of hydrogen-bond donors (Lipinski definition) is 0. The Kier molecular flexibility index (Phi) is 7.02. The van der Waals surface area contributed by atoms with Crippen molar-refractivity contribution in [2.45, 2.75) is 25.8 Å². The molecule has 2 aromatic rings. The highest BCUT2D eigenvalue weighted by atomic mass is 16.5. The van der Waals surface area contributed by atoms with E-state index in [9.17, 15) is 4.79 Å². The van der Waals surface area contributed by atoms with Crippen LogP contribution in [-0.4, -0.2) is 44.5 Å². The minimum Gasteiger partial charge on any atom is -0.493 e. The molecule has 0 spiro atoms. The molecular weight excluding hydrogens is 314 g/mol. The third-order valence-corrected chi connectivity index (χ3v) is 4.35. The lowest BCUT2D eigenvalue weighted by Crippen LogP contribution is -2.40. The number of nitrogens with zero attached hydrogens (tertiary/aromatic N) is 1. The van der Waals surface area contributed by atoms with Crippen molar-refractivity contribution in [1.29, 1.82) is 0 Å². The van der Waals surface area contributed by atoms with Gasteiger partial charge in [-0.3, -0.25) is 9.69 Å². The van der Waals surface area contributed by atoms with E-state index in [1.54, 1.807) is 26.4 Å². The van der Waals surface area contributed by atoms with Gasteiger partial charge in [0.15, 0.2) is 17.3 Å². The summed E-state index contributed by atoms with van der Waals surface area (Å²) in [5.74, 6) is 1.30. The summed E-state index contributed by atoms with van der Waals surface area (Å²) in [6.45, 7) is 2.99. The molecule has 2 rings (SSSR count). The average molecular weight is 341 g/mol. The van der Waals surface area contributed by atoms with E-state index >= 15 is 0 Å². The van der Waals surface area contributed by atoms with E-state index in [0.29, 0.717) is 23.5 Å². The Morgan fingerprint density at radius 1 is 1.04 bits per heavy atom. The molecule has 0 bridgehead atoms. The topological polar surface area (TPSA) is 38.8 Å². The number of ketones is 1. The molecule has 0 fully saturated rings. The Morgan fingerprint density at radius 3 is 2.32 bits per heavy atom. The standard InChI is InChI=1S/C21H27NO3/c1-5-13-22(2)18(14-16-9-7-6-8-10-16)21(23)17-11-12-19(24-3)20(15-17)25-4/h6-12,15,18H,5,13-14H2,1-4H3. The Bertz CT molecular complexity index is 685. The van der Waals surface area contributed by atoms with E-state index in [0.717, 1.165) is 18.5 Å². The van der Waals surface area contributed by atoms with Crippen molar-refractivity contribution in [2.24, 2.45) is 0 Å². The number of Topliss-reactive ketones (excluding diaryl/α,β-unsaturated/α-hetero) is 1. The van der Waals surface area contributed by atoms with E-state index < -0.39 is 0 Å². The van der Waals surface area contributed by atoms with Gasteiger partial charge >= 0.3 is 0 Å². The smallest absolute Gasteiger partial charge is 0.180 e. The Hall–Kier alpha value is -2.33. The fourth-order valence-corrected chi connectivity index (χ4v) is 2.98. The van der Waals surface area contributed by atoms with Gasteiger partial charge in [0.1, 0.15) is 0 Å². The summed E-state index contributed by atoms with van der Waals surface area (Å²) in [6.07, 6.45) is 1.69. The van der Waals surface area contributed by atoms with Crippen LogP contribution < -0.4 is 9.47 Å². The molecular formula is C21H27NO3. The van der Waals surface area contributed by atoms with Gasteiger partial charge in [-0.15, -0.1) is 0 Å². The molecule has 0 radical (unpaired) electrons. The first-order valence-electron chi connectivity index (χ1n) is 8.61. The summed E-state index contributed by atoms with van der Waals surface area (Å²) in [5, 5.41) is 0. The van der Waals surface area contributed by atoms with Crippen LogP contribution >= 0.6 is 0 Å². The summed E-state index contributed by atoms with van der Waals surface area (Å²) >= 11 is 0. The highest BCUT2D eigenvalue weighted by Gasteiger charge is 2.25. The Morgan fingerprint density at radius 2 is 1.72 bits per heavy atom. The van der Waals surface area contributed by atoms with Crippen LogP contribution in [0.15, 0.2) is 48.5 Å². The minimum atomic E-state index is -0.208. The van der Waals surface area contributed by atoms with Crippen LogP contribution in [0.25, 0.3) is 0 Å². The van der Waals surface area contributed by atoms with Gasteiger partial charge in [-0.2, -0.15) is 0 Å². The molecule has 4 nitrogen and oxygen atoms in total. The Labute approximate surface area is 150 Å². The molecule has 0 saturated carbocycles. The average Bonchev–Trinajstić information content (AvgIpc) is 2.66. The number of likely N-dealkylation sites (N-methyl/N-ethyl adjacent to an activating group) is 1. The molecule has 0 aliphatic heterocycles. The molecule has 0 amide bonds. The van der Waals surface area contributed by atoms with Crippen LogP contribution in [0, 0.1) is 0 Å². The number of rotatable bonds is 9. The monoisotopic (exact) mass is 341 g/mol. The van der Waals surface area contributed by atoms with Crippen LogP contribution in [0.1, 0.15) is 29.3 Å². The molecule has 134 valence electrons. The molecule has 0 aliphatic rings. The number of ether oxygens (including phenoxy) is 2. The maximum Gasteiger partial charge on any atom is 0.180 e. The van der Waals surface area contributed by atoms with E-state index in [1.807, 2.05) is 31.3 Å². The minimum absolute atomic E-state index is 0.0979. The predicted molar refractivity (Wildman–Crippen MR) is 101 cm³/mol. The molecule has 0 heterocycles. The first-order chi connectivity index (χ1) is 12.1. The van der Waals surface area contributed by atoms with Gasteiger partial charge in [0.25, 0.3) is 0 Å². The number of methoxy groups -OCH3 is 2. The molecule has 0 aliphatic carbocycles. The van der Waals surface area contributed by atoms with Gasteiger partial charge in [0.05, 0.1) is 20.3 Å². The number of carbonyl (C=O) groups is 1. The summed E-state index contributed by atoms with van der Waals surface area (Å²) in [7, 11) is 5.18. The zero-order valence-electron chi connectivity index (χ0n) is 15.5. The number of hydrogen-bond acceptors (Lipinski definition) is 4. The van der Waals surface area contributed by atoms with Crippen molar-refractivity contribution >= 4 is 5.78 Å². The predicted octanol–water partition coefficient (Wildman–Crippen LogP) is 3.84. The van der Waals surface area contributed by atoms with Crippen molar-refractivity contribution in [3.05, 3.63) is 59.7 Å². The molecule has 1 atom stereocenters. The lowest BCUT2D eigenvalue weighted by Gasteiger charge is -2.27. The molecule has 0 saturated heterocycles. The zero-order chi connectivity index (χ0) is 18.2. The summed E-state index contributed by atoms with van der Waals surface area (Å²) in [4.78, 5) is 15.3. The largest absolute Gasteiger partial charge is 0.493 e. The number of benzene rings is 2. The van der Waals surface area contributed by atoms with Gasteiger partial charge in [-0.05, 0) is 50.2 Å². The van der Waals surface area contributed by atoms with Crippen LogP contribution in [0.2, 0.25) is 0 Å². The normalized spacial score (nSPS) is 12.0. The van der Waals surface area contributed by atoms with Crippen LogP contribution in [0.5, 0.6) is 11.5 Å². The van der Waals surface area contributed by atoms with Crippen LogP contribution in [0.4, 0.5) is 0 Å². The lowest BCUT2D eigenvalue weighted by atomic mass is 9.96. The number of carbonyl (C=O) groups excluding carboxylic acids is 1. The molecule has 25 heavy (non-hydrogen) atoms. The van der Waals surface area contributed by atoms with Crippen molar-refractivity contribution in [2.75, 3.05) is 27.8 Å². The highest BCUT2D eigenvalue weighted by molar-refractivity contribution is 6.00. The van der Waals surface area contributed by atoms with Crippen LogP contribution in [-0.2, 0) is 6.42 Å². The molecule has 0 aromatic heterocycles. The fraction of sp³-hybridized carbons (Fsp3) is 0.381. The van der Waals surface area contributed by atoms with Gasteiger partial charge in [0.2, 0.25) is 0 Å². The maximum absolute atomic E-state index is 13.2. The van der Waals surface area contributed by atoms with Crippen molar-refractivity contribution in [3.8, 4) is 11.5 Å². The molecule has 4 heteroatoms. The molecule has 2 aromatic carbocycles. The van der Waals surface area contributed by atoms with Crippen molar-refractivity contribution < 1.29 is 14.3 Å². The highest BCUT2D eigenvalue weighted by Crippen LogP contribution is 2.28. The van der Waals surface area contributed by atoms with E-state index in [4.69, 9.17) is 9.47 Å². The van der Waals surface area contributed by atoms with Gasteiger partial charge in [-0.25, -0.2) is 0 Å². The third kappa shape index (κ3) is 4.83. The van der Waals surface area contributed by atoms with E-state index in [-0.39, 0.29) is 11.8 Å². The second kappa shape index (κ2) is 9.23. The zero-order valence-corrected chi connectivity index (χ0v) is 15.5. The summed E-state index contributed by atoms with van der Waals surface area (Å²) in [6, 6.07) is 15.3. The van der Waals surface area contributed by atoms with Gasteiger partial charge in [0, 0.05) is 5.56 Å². The SMILES string of the molecule is CCCN(C)C(Cc1ccccc1)C(=O)c1ccc(OC)c(OC)c1. The molecule has 0 N–H and O–H groups in total. The first kappa shape index (κ1) is 19.0. The van der Waals surface area contributed by atoms with E-state index in [2.05, 4.69) is 24.0 Å². The van der Waals surface area contributed by atoms with Gasteiger partial charge in [-0.1, -0.05) is 37.3 Å². The second-order valence-electron chi connectivity index (χ2n) is 6.12. The van der Waals surface area contributed by atoms with Crippen molar-refractivity contribution in [3.63, 3.8) is 0 Å². The first-order valence-corrected chi connectivity index (χ1v) is 8.61. The van der Waals surface area contributed by atoms with E-state index in [1.165, 1.54) is 0 Å². The van der Waals surface area contributed by atoms with Crippen molar-refractivity contribution in [1.82, 2.24) is 4.90 Å². The summed E-state index contributed by atoms with van der Waals surface area (Å²) < 4.78 is 10.6. The third-order valence-electron chi connectivity index (χ3n) is 4.35. The quantitative estimate of drug-likeness (QED) is 0.650. The van der Waals surface area contributed by atoms with Crippen LogP contribution in [0.3, 0.4) is 0 Å².